The Morgan fingerprint density at radius 3 is 2.26 bits per heavy atom. The van der Waals surface area contributed by atoms with E-state index in [0.29, 0.717) is 30.5 Å². The van der Waals surface area contributed by atoms with Crippen LogP contribution >= 0.6 is 0 Å². The van der Waals surface area contributed by atoms with E-state index in [2.05, 4.69) is 10.2 Å². The van der Waals surface area contributed by atoms with Crippen molar-refractivity contribution >= 4 is 5.82 Å². The molecule has 1 spiro atoms. The number of aryl methyl sites for hydroxylation is 2. The predicted molar refractivity (Wildman–Crippen MR) is 81.6 cm³/mol. The molecule has 0 aromatic carbocycles. The molecule has 0 unspecified atom stereocenters. The van der Waals surface area contributed by atoms with Crippen molar-refractivity contribution in [3.05, 3.63) is 29.6 Å². The molecule has 23 heavy (non-hydrogen) atoms. The molecule has 1 saturated carbocycles. The van der Waals surface area contributed by atoms with Gasteiger partial charge in [0.25, 0.3) is 5.92 Å². The Bertz CT molecular complexity index is 761. The third kappa shape index (κ3) is 1.95. The summed E-state index contributed by atoms with van der Waals surface area (Å²) in [6, 6.07) is 5.77. The van der Waals surface area contributed by atoms with Gasteiger partial charge < -0.3 is 9.64 Å². The summed E-state index contributed by atoms with van der Waals surface area (Å²) in [7, 11) is 1.57. The molecule has 0 radical (unpaired) electrons. The highest BCUT2D eigenvalue weighted by Crippen LogP contribution is 2.65. The van der Waals surface area contributed by atoms with Gasteiger partial charge in [-0.15, -0.1) is 10.2 Å². The molecule has 2 aliphatic rings. The summed E-state index contributed by atoms with van der Waals surface area (Å²) in [6.07, 6.45) is -0.0130. The first kappa shape index (κ1) is 14.4. The van der Waals surface area contributed by atoms with Gasteiger partial charge in [-0.1, -0.05) is 0 Å². The van der Waals surface area contributed by atoms with Crippen LogP contribution in [-0.4, -0.2) is 40.9 Å². The number of anilines is 1. The summed E-state index contributed by atoms with van der Waals surface area (Å²) >= 11 is 0. The lowest BCUT2D eigenvalue weighted by Crippen LogP contribution is -2.52. The van der Waals surface area contributed by atoms with E-state index in [1.165, 1.54) is 0 Å². The van der Waals surface area contributed by atoms with Gasteiger partial charge in [0.15, 0.2) is 11.6 Å². The molecule has 2 aromatic heterocycles. The van der Waals surface area contributed by atoms with E-state index in [4.69, 9.17) is 4.74 Å². The Labute approximate surface area is 132 Å². The van der Waals surface area contributed by atoms with Gasteiger partial charge in [0.05, 0.1) is 12.5 Å². The van der Waals surface area contributed by atoms with Crippen molar-refractivity contribution < 1.29 is 13.5 Å². The summed E-state index contributed by atoms with van der Waals surface area (Å²) in [6.45, 7) is 4.63. The zero-order valence-corrected chi connectivity index (χ0v) is 13.3. The third-order valence-electron chi connectivity index (χ3n) is 4.95. The second kappa shape index (κ2) is 4.43. The first-order valence-corrected chi connectivity index (χ1v) is 7.57. The average Bonchev–Trinajstić information content (AvgIpc) is 2.92. The molecule has 0 N–H and O–H groups in total. The topological polar surface area (TPSA) is 43.2 Å². The summed E-state index contributed by atoms with van der Waals surface area (Å²) in [5.41, 5.74) is 1.24. The molecule has 0 bridgehead atoms. The molecule has 1 aliphatic carbocycles. The molecule has 7 heteroatoms. The summed E-state index contributed by atoms with van der Waals surface area (Å²) in [5.74, 6) is -0.731. The lowest BCUT2D eigenvalue weighted by molar-refractivity contribution is 0.0517. The highest BCUT2D eigenvalue weighted by molar-refractivity contribution is 5.54. The summed E-state index contributed by atoms with van der Waals surface area (Å²) in [4.78, 5) is 1.83. The maximum atomic E-state index is 13.3. The van der Waals surface area contributed by atoms with Crippen molar-refractivity contribution in [1.82, 2.24) is 14.8 Å². The molecule has 2 fully saturated rings. The maximum Gasteiger partial charge on any atom is 0.258 e. The lowest BCUT2D eigenvalue weighted by atomic mass is 9.96. The van der Waals surface area contributed by atoms with Crippen molar-refractivity contribution in [3.63, 3.8) is 0 Å². The number of methoxy groups -OCH3 is 1. The molecular weight excluding hydrogens is 302 g/mol. The zero-order chi connectivity index (χ0) is 16.4. The first-order chi connectivity index (χ1) is 10.9. The molecule has 1 saturated heterocycles. The molecule has 5 nitrogen and oxygen atoms in total. The van der Waals surface area contributed by atoms with Crippen molar-refractivity contribution in [2.45, 2.75) is 26.2 Å². The fourth-order valence-electron chi connectivity index (χ4n) is 3.39. The normalized spacial score (nSPS) is 20.5. The number of aromatic nitrogens is 3. The van der Waals surface area contributed by atoms with Crippen LogP contribution in [0.1, 0.15) is 17.8 Å². The maximum absolute atomic E-state index is 13.3. The fourth-order valence-corrected chi connectivity index (χ4v) is 3.39. The molecule has 122 valence electrons. The Morgan fingerprint density at radius 1 is 1.13 bits per heavy atom. The minimum Gasteiger partial charge on any atom is -0.493 e. The van der Waals surface area contributed by atoms with Gasteiger partial charge in [0.1, 0.15) is 0 Å². The van der Waals surface area contributed by atoms with Gasteiger partial charge in [-0.2, -0.15) is 0 Å². The molecule has 4 rings (SSSR count). The number of hydrogen-bond acceptors (Lipinski definition) is 4. The minimum atomic E-state index is -2.51. The number of hydrogen-bond donors (Lipinski definition) is 0. The van der Waals surface area contributed by atoms with Crippen LogP contribution in [0.3, 0.4) is 0 Å². The van der Waals surface area contributed by atoms with Crippen LogP contribution in [-0.2, 0) is 0 Å². The Kier molecular flexibility index (Phi) is 2.77. The van der Waals surface area contributed by atoms with Crippen molar-refractivity contribution in [3.8, 4) is 11.6 Å². The fraction of sp³-hybridized carbons (Fsp3) is 0.500. The van der Waals surface area contributed by atoms with E-state index in [0.717, 1.165) is 11.4 Å². The number of halogens is 2. The van der Waals surface area contributed by atoms with E-state index < -0.39 is 11.3 Å². The van der Waals surface area contributed by atoms with Gasteiger partial charge >= 0.3 is 0 Å². The first-order valence-electron chi connectivity index (χ1n) is 7.57. The standard InChI is InChI=1S/C16H18F2N4O/c1-10-4-5-11(2)22(10)14-12(23-3)6-13(19-20-14)21-8-15(9-21)7-16(15,17)18/h4-6H,7-9H2,1-3H3. The highest BCUT2D eigenvalue weighted by Gasteiger charge is 2.76. The number of rotatable bonds is 3. The molecule has 2 aromatic rings. The number of ether oxygens (including phenoxy) is 1. The van der Waals surface area contributed by atoms with E-state index in [-0.39, 0.29) is 6.42 Å². The lowest BCUT2D eigenvalue weighted by Gasteiger charge is -2.40. The molecule has 3 heterocycles. The second-order valence-corrected chi connectivity index (χ2v) is 6.56. The minimum absolute atomic E-state index is 0.0130. The van der Waals surface area contributed by atoms with E-state index in [1.807, 2.05) is 35.4 Å². The quantitative estimate of drug-likeness (QED) is 0.872. The molecular formula is C16H18F2N4O. The van der Waals surface area contributed by atoms with E-state index in [9.17, 15) is 8.78 Å². The third-order valence-corrected chi connectivity index (χ3v) is 4.95. The number of nitrogens with zero attached hydrogens (tertiary/aromatic N) is 4. The van der Waals surface area contributed by atoms with Gasteiger partial charge in [-0.05, 0) is 26.0 Å². The molecule has 0 amide bonds. The highest BCUT2D eigenvalue weighted by atomic mass is 19.3. The Morgan fingerprint density at radius 2 is 1.74 bits per heavy atom. The largest absolute Gasteiger partial charge is 0.493 e. The Balaban J connectivity index is 1.63. The van der Waals surface area contributed by atoms with E-state index >= 15 is 0 Å². The molecule has 0 atom stereocenters. The average molecular weight is 320 g/mol. The number of alkyl halides is 2. The van der Waals surface area contributed by atoms with Gasteiger partial charge in [0, 0.05) is 37.0 Å². The van der Waals surface area contributed by atoms with Crippen LogP contribution in [0.4, 0.5) is 14.6 Å². The monoisotopic (exact) mass is 320 g/mol. The van der Waals surface area contributed by atoms with Crippen LogP contribution in [0.2, 0.25) is 0 Å². The van der Waals surface area contributed by atoms with Crippen LogP contribution in [0.5, 0.6) is 5.75 Å². The van der Waals surface area contributed by atoms with Gasteiger partial charge in [-0.25, -0.2) is 8.78 Å². The van der Waals surface area contributed by atoms with Crippen LogP contribution < -0.4 is 9.64 Å². The van der Waals surface area contributed by atoms with Crippen molar-refractivity contribution in [2.75, 3.05) is 25.1 Å². The second-order valence-electron chi connectivity index (χ2n) is 6.56. The van der Waals surface area contributed by atoms with Crippen molar-refractivity contribution in [2.24, 2.45) is 5.41 Å². The predicted octanol–water partition coefficient (Wildman–Crippen LogP) is 2.74. The summed E-state index contributed by atoms with van der Waals surface area (Å²) in [5, 5.41) is 8.50. The van der Waals surface area contributed by atoms with E-state index in [1.54, 1.807) is 13.2 Å². The van der Waals surface area contributed by atoms with Crippen molar-refractivity contribution in [1.29, 1.82) is 0 Å². The van der Waals surface area contributed by atoms with Gasteiger partial charge in [0.2, 0.25) is 5.82 Å². The summed E-state index contributed by atoms with van der Waals surface area (Å²) < 4.78 is 34.0. The SMILES string of the molecule is COc1cc(N2CC3(C2)CC3(F)F)nnc1-n1c(C)ccc1C. The van der Waals surface area contributed by atoms with Crippen LogP contribution in [0, 0.1) is 19.3 Å². The zero-order valence-electron chi connectivity index (χ0n) is 13.3. The van der Waals surface area contributed by atoms with Crippen LogP contribution in [0.25, 0.3) is 5.82 Å². The molecule has 1 aliphatic heterocycles. The Hall–Kier alpha value is -2.18. The van der Waals surface area contributed by atoms with Gasteiger partial charge in [-0.3, -0.25) is 4.57 Å². The van der Waals surface area contributed by atoms with Crippen LogP contribution in [0.15, 0.2) is 18.2 Å². The smallest absolute Gasteiger partial charge is 0.258 e.